The van der Waals surface area contributed by atoms with Crippen molar-refractivity contribution < 1.29 is 22.7 Å². The first-order valence-electron chi connectivity index (χ1n) is 14.0. The lowest BCUT2D eigenvalue weighted by molar-refractivity contribution is -0.139. The van der Waals surface area contributed by atoms with E-state index < -0.39 is 28.5 Å². The number of rotatable bonds is 14. The molecule has 3 rings (SSSR count). The third-order valence-electron chi connectivity index (χ3n) is 6.79. The molecule has 0 aromatic heterocycles. The predicted octanol–water partition coefficient (Wildman–Crippen LogP) is 5.23. The Balaban J connectivity index is 2.00. The zero-order chi connectivity index (χ0) is 30.0. The summed E-state index contributed by atoms with van der Waals surface area (Å²) in [6, 6.07) is 20.0. The molecule has 0 heterocycles. The molecule has 220 valence electrons. The Morgan fingerprint density at radius 3 is 2.02 bits per heavy atom. The summed E-state index contributed by atoms with van der Waals surface area (Å²) in [6.45, 7) is 10.1. The summed E-state index contributed by atoms with van der Waals surface area (Å²) in [5, 5.41) is 2.90. The SMILES string of the molecule is CCCCNC(=O)C(C)N(Cc1ccc(C)cc1)C(=O)CN(c1ccc(OCC)cc1)S(=O)(=O)c1ccc(C)cc1. The molecular weight excluding hydrogens is 538 g/mol. The van der Waals surface area contributed by atoms with Crippen LogP contribution in [0, 0.1) is 13.8 Å². The molecule has 1 unspecified atom stereocenters. The maximum absolute atomic E-state index is 14.0. The van der Waals surface area contributed by atoms with Crippen molar-refractivity contribution in [3.05, 3.63) is 89.5 Å². The van der Waals surface area contributed by atoms with Crippen LogP contribution in [0.25, 0.3) is 0 Å². The van der Waals surface area contributed by atoms with E-state index in [1.807, 2.05) is 52.0 Å². The standard InChI is InChI=1S/C32H41N3O5S/c1-6-8-21-33-32(37)26(5)34(22-27-13-9-24(3)10-14-27)31(36)23-35(28-15-17-29(18-16-28)40-7-2)41(38,39)30-19-11-25(4)12-20-30/h9-20,26H,6-8,21-23H2,1-5H3,(H,33,37). The van der Waals surface area contributed by atoms with Gasteiger partial charge in [0.15, 0.2) is 0 Å². The molecule has 1 N–H and O–H groups in total. The summed E-state index contributed by atoms with van der Waals surface area (Å²) < 4.78 is 34.5. The number of amides is 2. The highest BCUT2D eigenvalue weighted by molar-refractivity contribution is 7.92. The van der Waals surface area contributed by atoms with Crippen LogP contribution in [0.2, 0.25) is 0 Å². The summed E-state index contributed by atoms with van der Waals surface area (Å²) >= 11 is 0. The molecule has 0 aliphatic carbocycles. The normalized spacial score (nSPS) is 11.9. The van der Waals surface area contributed by atoms with E-state index in [2.05, 4.69) is 5.32 Å². The van der Waals surface area contributed by atoms with Crippen molar-refractivity contribution >= 4 is 27.5 Å². The number of hydrogen-bond acceptors (Lipinski definition) is 5. The van der Waals surface area contributed by atoms with Crippen molar-refractivity contribution in [3.8, 4) is 5.75 Å². The molecule has 0 fully saturated rings. The van der Waals surface area contributed by atoms with Crippen molar-refractivity contribution in [2.75, 3.05) is 24.0 Å². The average molecular weight is 580 g/mol. The molecule has 0 radical (unpaired) electrons. The van der Waals surface area contributed by atoms with Gasteiger partial charge in [-0.25, -0.2) is 8.42 Å². The van der Waals surface area contributed by atoms with Gasteiger partial charge in [-0.3, -0.25) is 13.9 Å². The van der Waals surface area contributed by atoms with Crippen LogP contribution in [0.1, 0.15) is 50.3 Å². The van der Waals surface area contributed by atoms with Crippen LogP contribution in [0.15, 0.2) is 77.7 Å². The number of aryl methyl sites for hydroxylation is 2. The topological polar surface area (TPSA) is 96.0 Å². The number of carbonyl (C=O) groups is 2. The lowest BCUT2D eigenvalue weighted by Crippen LogP contribution is -2.51. The maximum atomic E-state index is 14.0. The number of sulfonamides is 1. The lowest BCUT2D eigenvalue weighted by atomic mass is 10.1. The second-order valence-corrected chi connectivity index (χ2v) is 11.9. The maximum Gasteiger partial charge on any atom is 0.264 e. The molecule has 0 saturated heterocycles. The molecule has 0 aliphatic rings. The number of benzene rings is 3. The highest BCUT2D eigenvalue weighted by Gasteiger charge is 2.32. The average Bonchev–Trinajstić information content (AvgIpc) is 2.96. The smallest absolute Gasteiger partial charge is 0.264 e. The van der Waals surface area contributed by atoms with Crippen LogP contribution in [0.4, 0.5) is 5.69 Å². The van der Waals surface area contributed by atoms with E-state index >= 15 is 0 Å². The van der Waals surface area contributed by atoms with Gasteiger partial charge < -0.3 is 15.0 Å². The van der Waals surface area contributed by atoms with E-state index in [1.54, 1.807) is 43.3 Å². The summed E-state index contributed by atoms with van der Waals surface area (Å²) in [6.07, 6.45) is 1.75. The molecule has 8 nitrogen and oxygen atoms in total. The fourth-order valence-electron chi connectivity index (χ4n) is 4.25. The quantitative estimate of drug-likeness (QED) is 0.264. The second kappa shape index (κ2) is 14.7. The van der Waals surface area contributed by atoms with E-state index in [9.17, 15) is 18.0 Å². The van der Waals surface area contributed by atoms with Crippen molar-refractivity contribution in [2.45, 2.75) is 64.9 Å². The molecule has 41 heavy (non-hydrogen) atoms. The van der Waals surface area contributed by atoms with E-state index in [0.29, 0.717) is 24.6 Å². The van der Waals surface area contributed by atoms with Gasteiger partial charge in [0.1, 0.15) is 18.3 Å². The molecule has 3 aromatic rings. The molecule has 0 bridgehead atoms. The number of nitrogens with zero attached hydrogens (tertiary/aromatic N) is 2. The minimum absolute atomic E-state index is 0.0697. The Morgan fingerprint density at radius 1 is 0.878 bits per heavy atom. The monoisotopic (exact) mass is 579 g/mol. The zero-order valence-corrected chi connectivity index (χ0v) is 25.4. The molecule has 1 atom stereocenters. The first-order chi connectivity index (χ1) is 19.6. The van der Waals surface area contributed by atoms with Crippen molar-refractivity contribution in [2.24, 2.45) is 0 Å². The van der Waals surface area contributed by atoms with Crippen molar-refractivity contribution in [3.63, 3.8) is 0 Å². The van der Waals surface area contributed by atoms with Crippen LogP contribution in [0.3, 0.4) is 0 Å². The number of unbranched alkanes of at least 4 members (excludes halogenated alkanes) is 1. The van der Waals surface area contributed by atoms with Gasteiger partial charge in [0.25, 0.3) is 10.0 Å². The molecule has 0 saturated carbocycles. The van der Waals surface area contributed by atoms with Crippen LogP contribution >= 0.6 is 0 Å². The molecule has 2 amide bonds. The van der Waals surface area contributed by atoms with E-state index in [1.165, 1.54) is 17.0 Å². The van der Waals surface area contributed by atoms with Gasteiger partial charge in [0, 0.05) is 13.1 Å². The number of anilines is 1. The highest BCUT2D eigenvalue weighted by Crippen LogP contribution is 2.27. The summed E-state index contributed by atoms with van der Waals surface area (Å²) in [7, 11) is -4.12. The first-order valence-corrected chi connectivity index (χ1v) is 15.5. The number of carbonyl (C=O) groups excluding carboxylic acids is 2. The van der Waals surface area contributed by atoms with Crippen LogP contribution in [-0.2, 0) is 26.2 Å². The van der Waals surface area contributed by atoms with Gasteiger partial charge in [0.05, 0.1) is 17.2 Å². The summed E-state index contributed by atoms with van der Waals surface area (Å²) in [4.78, 5) is 28.6. The molecular formula is C32H41N3O5S. The second-order valence-electron chi connectivity index (χ2n) is 10.1. The van der Waals surface area contributed by atoms with Gasteiger partial charge in [-0.05, 0) is 76.1 Å². The van der Waals surface area contributed by atoms with Gasteiger partial charge in [-0.1, -0.05) is 60.9 Å². The van der Waals surface area contributed by atoms with Crippen LogP contribution in [-0.4, -0.2) is 50.9 Å². The summed E-state index contributed by atoms with van der Waals surface area (Å²) in [5.74, 6) is -0.185. The largest absolute Gasteiger partial charge is 0.494 e. The predicted molar refractivity (Wildman–Crippen MR) is 162 cm³/mol. The van der Waals surface area contributed by atoms with Crippen LogP contribution in [0.5, 0.6) is 5.75 Å². The molecule has 0 spiro atoms. The fraction of sp³-hybridized carbons (Fsp3) is 0.375. The van der Waals surface area contributed by atoms with Crippen molar-refractivity contribution in [1.29, 1.82) is 0 Å². The van der Waals surface area contributed by atoms with E-state index in [4.69, 9.17) is 4.74 Å². The zero-order valence-electron chi connectivity index (χ0n) is 24.6. The molecule has 9 heteroatoms. The van der Waals surface area contributed by atoms with E-state index in [0.717, 1.165) is 33.8 Å². The third kappa shape index (κ3) is 8.57. The van der Waals surface area contributed by atoms with E-state index in [-0.39, 0.29) is 17.3 Å². The van der Waals surface area contributed by atoms with Gasteiger partial charge >= 0.3 is 0 Å². The fourth-order valence-corrected chi connectivity index (χ4v) is 5.66. The molecule has 3 aromatic carbocycles. The first kappa shape index (κ1) is 31.7. The Morgan fingerprint density at radius 2 is 1.46 bits per heavy atom. The number of ether oxygens (including phenoxy) is 1. The van der Waals surface area contributed by atoms with Gasteiger partial charge in [-0.15, -0.1) is 0 Å². The Bertz CT molecular complexity index is 1390. The Labute approximate surface area is 244 Å². The minimum Gasteiger partial charge on any atom is -0.494 e. The summed E-state index contributed by atoms with van der Waals surface area (Å²) in [5.41, 5.74) is 3.14. The minimum atomic E-state index is -4.12. The van der Waals surface area contributed by atoms with Gasteiger partial charge in [0.2, 0.25) is 11.8 Å². The third-order valence-corrected chi connectivity index (χ3v) is 8.58. The van der Waals surface area contributed by atoms with Gasteiger partial charge in [-0.2, -0.15) is 0 Å². The van der Waals surface area contributed by atoms with Crippen LogP contribution < -0.4 is 14.4 Å². The Hall–Kier alpha value is -3.85. The number of nitrogens with one attached hydrogen (secondary N) is 1. The molecule has 0 aliphatic heterocycles. The number of hydrogen-bond donors (Lipinski definition) is 1. The van der Waals surface area contributed by atoms with Crippen molar-refractivity contribution in [1.82, 2.24) is 10.2 Å². The highest BCUT2D eigenvalue weighted by atomic mass is 32.2. The Kier molecular flexibility index (Phi) is 11.3. The lowest BCUT2D eigenvalue weighted by Gasteiger charge is -2.32.